The number of carboxylic acids is 1. The second-order valence-electron chi connectivity index (χ2n) is 10.4. The number of nitriles is 1. The molecule has 5 rings (SSSR count). The Kier molecular flexibility index (Phi) is 7.50. The number of carboxylic acid groups (broad SMARTS) is 1. The van der Waals surface area contributed by atoms with Gasteiger partial charge in [0.2, 0.25) is 5.82 Å². The molecule has 0 spiro atoms. The summed E-state index contributed by atoms with van der Waals surface area (Å²) in [5.41, 5.74) is 4.00. The summed E-state index contributed by atoms with van der Waals surface area (Å²) in [5.74, 6) is 0.610. The van der Waals surface area contributed by atoms with E-state index in [4.69, 9.17) is 14.4 Å². The molecule has 1 aliphatic carbocycles. The van der Waals surface area contributed by atoms with Crippen molar-refractivity contribution < 1.29 is 24.0 Å². The highest BCUT2D eigenvalue weighted by Crippen LogP contribution is 2.38. The smallest absolute Gasteiger partial charge is 0.317 e. The lowest BCUT2D eigenvalue weighted by Gasteiger charge is -2.32. The van der Waals surface area contributed by atoms with Crippen LogP contribution in [0.25, 0.3) is 22.8 Å². The number of aromatic nitrogens is 2. The standard InChI is InChI=1S/C29H31N5O5/c1-17(2)38-25-9-6-19(15-20(25)16-30)28-32-27(33-39-28)23-5-3-4-22-21(23)7-8-24(22)31-29(37)34-12-10-18(11-13-34)14-26(35)36/h3-6,9,15,17-18,24H,7-8,10-14H2,1-2H3,(H,31,37)(H,35,36)/t24-/m1/s1. The number of fused-ring (bicyclic) bond motifs is 1. The van der Waals surface area contributed by atoms with E-state index in [2.05, 4.69) is 21.5 Å². The minimum Gasteiger partial charge on any atom is -0.490 e. The van der Waals surface area contributed by atoms with Gasteiger partial charge in [-0.2, -0.15) is 10.2 Å². The first-order valence-electron chi connectivity index (χ1n) is 13.3. The second-order valence-corrected chi connectivity index (χ2v) is 10.4. The van der Waals surface area contributed by atoms with E-state index >= 15 is 0 Å². The average molecular weight is 530 g/mol. The number of carbonyl (C=O) groups excluding carboxylic acids is 1. The van der Waals surface area contributed by atoms with Crippen molar-refractivity contribution in [1.82, 2.24) is 20.4 Å². The lowest BCUT2D eigenvalue weighted by atomic mass is 9.94. The lowest BCUT2D eigenvalue weighted by Crippen LogP contribution is -2.45. The fourth-order valence-electron chi connectivity index (χ4n) is 5.40. The molecule has 1 fully saturated rings. The van der Waals surface area contributed by atoms with Crippen molar-refractivity contribution in [2.75, 3.05) is 13.1 Å². The van der Waals surface area contributed by atoms with Crippen LogP contribution in [0.5, 0.6) is 5.75 Å². The predicted molar refractivity (Wildman–Crippen MR) is 142 cm³/mol. The number of urea groups is 1. The SMILES string of the molecule is CC(C)Oc1ccc(-c2nc(-c3cccc4c3CC[C@H]4NC(=O)N3CCC(CC(=O)O)CC3)no2)cc1C#N. The number of amides is 2. The Hall–Kier alpha value is -4.39. The fraction of sp³-hybridized carbons (Fsp3) is 0.414. The monoisotopic (exact) mass is 529 g/mol. The van der Waals surface area contributed by atoms with Gasteiger partial charge < -0.3 is 24.6 Å². The van der Waals surface area contributed by atoms with Gasteiger partial charge in [-0.25, -0.2) is 4.79 Å². The van der Waals surface area contributed by atoms with E-state index in [-0.39, 0.29) is 30.5 Å². The van der Waals surface area contributed by atoms with Gasteiger partial charge in [0, 0.05) is 30.6 Å². The number of aliphatic carboxylic acids is 1. The molecule has 10 heteroatoms. The fourth-order valence-corrected chi connectivity index (χ4v) is 5.40. The summed E-state index contributed by atoms with van der Waals surface area (Å²) in [6, 6.07) is 13.0. The number of rotatable bonds is 7. The summed E-state index contributed by atoms with van der Waals surface area (Å²) >= 11 is 0. The third kappa shape index (κ3) is 5.72. The van der Waals surface area contributed by atoms with E-state index in [0.29, 0.717) is 54.5 Å². The summed E-state index contributed by atoms with van der Waals surface area (Å²) in [4.78, 5) is 30.3. The van der Waals surface area contributed by atoms with Crippen LogP contribution >= 0.6 is 0 Å². The van der Waals surface area contributed by atoms with Crippen LogP contribution in [0, 0.1) is 17.2 Å². The Morgan fingerprint density at radius 1 is 1.23 bits per heavy atom. The number of benzene rings is 2. The van der Waals surface area contributed by atoms with Crippen LogP contribution in [0.1, 0.15) is 62.3 Å². The molecule has 2 amide bonds. The van der Waals surface area contributed by atoms with Crippen molar-refractivity contribution in [1.29, 1.82) is 5.26 Å². The summed E-state index contributed by atoms with van der Waals surface area (Å²) in [7, 11) is 0. The Morgan fingerprint density at radius 2 is 2.03 bits per heavy atom. The van der Waals surface area contributed by atoms with E-state index in [0.717, 1.165) is 29.5 Å². The number of ether oxygens (including phenoxy) is 1. The molecule has 0 bridgehead atoms. The summed E-state index contributed by atoms with van der Waals surface area (Å²) in [5, 5.41) is 26.0. The lowest BCUT2D eigenvalue weighted by molar-refractivity contribution is -0.138. The average Bonchev–Trinajstić information content (AvgIpc) is 3.56. The molecule has 1 saturated heterocycles. The van der Waals surface area contributed by atoms with Gasteiger partial charge in [-0.15, -0.1) is 0 Å². The number of hydrogen-bond acceptors (Lipinski definition) is 7. The minimum absolute atomic E-state index is 0.0530. The first-order valence-corrected chi connectivity index (χ1v) is 13.3. The quantitative estimate of drug-likeness (QED) is 0.438. The van der Waals surface area contributed by atoms with Crippen LogP contribution in [0.4, 0.5) is 4.79 Å². The van der Waals surface area contributed by atoms with E-state index < -0.39 is 5.97 Å². The zero-order chi connectivity index (χ0) is 27.5. The third-order valence-corrected chi connectivity index (χ3v) is 7.31. The third-order valence-electron chi connectivity index (χ3n) is 7.31. The largest absolute Gasteiger partial charge is 0.490 e. The van der Waals surface area contributed by atoms with E-state index in [1.54, 1.807) is 23.1 Å². The van der Waals surface area contributed by atoms with Crippen LogP contribution in [0.2, 0.25) is 0 Å². The second kappa shape index (κ2) is 11.2. The van der Waals surface area contributed by atoms with Crippen LogP contribution in [0.15, 0.2) is 40.9 Å². The first-order chi connectivity index (χ1) is 18.8. The molecule has 202 valence electrons. The van der Waals surface area contributed by atoms with Crippen LogP contribution < -0.4 is 10.1 Å². The van der Waals surface area contributed by atoms with Gasteiger partial charge in [0.1, 0.15) is 11.8 Å². The molecule has 2 N–H and O–H groups in total. The zero-order valence-electron chi connectivity index (χ0n) is 22.0. The number of likely N-dealkylation sites (tertiary alicyclic amines) is 1. The highest BCUT2D eigenvalue weighted by molar-refractivity contribution is 5.76. The van der Waals surface area contributed by atoms with Crippen molar-refractivity contribution in [3.63, 3.8) is 0 Å². The zero-order valence-corrected chi connectivity index (χ0v) is 22.0. The maximum atomic E-state index is 13.0. The van der Waals surface area contributed by atoms with Gasteiger partial charge in [0.05, 0.1) is 17.7 Å². The maximum Gasteiger partial charge on any atom is 0.317 e. The predicted octanol–water partition coefficient (Wildman–Crippen LogP) is 4.95. The molecule has 0 radical (unpaired) electrons. The van der Waals surface area contributed by atoms with Crippen LogP contribution in [-0.4, -0.2) is 51.3 Å². The van der Waals surface area contributed by atoms with Crippen molar-refractivity contribution >= 4 is 12.0 Å². The van der Waals surface area contributed by atoms with Gasteiger partial charge >= 0.3 is 12.0 Å². The first kappa shape index (κ1) is 26.2. The van der Waals surface area contributed by atoms with Gasteiger partial charge in [-0.3, -0.25) is 4.79 Å². The van der Waals surface area contributed by atoms with Crippen molar-refractivity contribution in [3.05, 3.63) is 53.1 Å². The number of carbonyl (C=O) groups is 2. The van der Waals surface area contributed by atoms with E-state index in [1.165, 1.54) is 0 Å². The molecule has 1 aromatic heterocycles. The highest BCUT2D eigenvalue weighted by Gasteiger charge is 2.30. The molecule has 10 nitrogen and oxygen atoms in total. The molecule has 3 aromatic rings. The number of nitrogens with zero attached hydrogens (tertiary/aromatic N) is 4. The van der Waals surface area contributed by atoms with Gasteiger partial charge in [0.25, 0.3) is 5.89 Å². The number of hydrogen-bond donors (Lipinski definition) is 2. The molecule has 2 heterocycles. The van der Waals surface area contributed by atoms with Gasteiger partial charge in [-0.1, -0.05) is 23.4 Å². The normalized spacial score (nSPS) is 17.1. The maximum absolute atomic E-state index is 13.0. The Balaban J connectivity index is 1.29. The van der Waals surface area contributed by atoms with Crippen molar-refractivity contribution in [2.24, 2.45) is 5.92 Å². The Labute approximate surface area is 226 Å². The van der Waals surface area contributed by atoms with E-state index in [9.17, 15) is 14.9 Å². The van der Waals surface area contributed by atoms with Gasteiger partial charge in [0.15, 0.2) is 0 Å². The van der Waals surface area contributed by atoms with Crippen molar-refractivity contribution in [2.45, 2.75) is 58.1 Å². The van der Waals surface area contributed by atoms with Crippen LogP contribution in [0.3, 0.4) is 0 Å². The molecular weight excluding hydrogens is 498 g/mol. The molecule has 0 unspecified atom stereocenters. The van der Waals surface area contributed by atoms with Crippen molar-refractivity contribution in [3.8, 4) is 34.7 Å². The Morgan fingerprint density at radius 3 is 2.74 bits per heavy atom. The summed E-state index contributed by atoms with van der Waals surface area (Å²) in [6.07, 6.45) is 3.04. The molecule has 2 aromatic carbocycles. The summed E-state index contributed by atoms with van der Waals surface area (Å²) in [6.45, 7) is 4.93. The molecular formula is C29H31N5O5. The van der Waals surface area contributed by atoms with Crippen LogP contribution in [-0.2, 0) is 11.2 Å². The number of nitrogens with one attached hydrogen (secondary N) is 1. The minimum atomic E-state index is -0.786. The molecule has 1 atom stereocenters. The number of piperidine rings is 1. The molecule has 0 saturated carbocycles. The molecule has 39 heavy (non-hydrogen) atoms. The van der Waals surface area contributed by atoms with Gasteiger partial charge in [-0.05, 0) is 74.8 Å². The highest BCUT2D eigenvalue weighted by atomic mass is 16.5. The molecule has 1 aliphatic heterocycles. The Bertz CT molecular complexity index is 1420. The van der Waals surface area contributed by atoms with E-state index in [1.807, 2.05) is 32.0 Å². The topological polar surface area (TPSA) is 142 Å². The molecule has 2 aliphatic rings. The summed E-state index contributed by atoms with van der Waals surface area (Å²) < 4.78 is 11.3.